The zero-order valence-corrected chi connectivity index (χ0v) is 17.2. The molecule has 0 saturated heterocycles. The lowest BCUT2D eigenvalue weighted by molar-refractivity contribution is -0.384. The number of benzene rings is 4. The second-order valence-electron chi connectivity index (χ2n) is 7.89. The normalized spacial score (nSPS) is 15.1. The molecular weight excluding hydrogens is 382 g/mol. The number of hydrogen-bond donors (Lipinski definition) is 0. The number of allylic oxidation sites excluding steroid dienone is 1. The van der Waals surface area contributed by atoms with Gasteiger partial charge in [-0.2, -0.15) is 0 Å². The van der Waals surface area contributed by atoms with Crippen molar-refractivity contribution in [2.45, 2.75) is 12.8 Å². The highest BCUT2D eigenvalue weighted by Gasteiger charge is 2.34. The maximum Gasteiger partial charge on any atom is 0.269 e. The molecule has 1 aliphatic carbocycles. The third kappa shape index (κ3) is 3.34. The van der Waals surface area contributed by atoms with Crippen LogP contribution in [0.5, 0.6) is 0 Å². The molecular formula is C28H21NO2. The van der Waals surface area contributed by atoms with Gasteiger partial charge in [0.2, 0.25) is 0 Å². The minimum Gasteiger partial charge on any atom is -0.258 e. The highest BCUT2D eigenvalue weighted by atomic mass is 16.6. The summed E-state index contributed by atoms with van der Waals surface area (Å²) in [4.78, 5) is 10.8. The monoisotopic (exact) mass is 403 g/mol. The van der Waals surface area contributed by atoms with Gasteiger partial charge in [-0.3, -0.25) is 10.1 Å². The quantitative estimate of drug-likeness (QED) is 0.272. The van der Waals surface area contributed by atoms with Crippen molar-refractivity contribution in [3.8, 4) is 0 Å². The maximum atomic E-state index is 11.2. The Morgan fingerprint density at radius 2 is 1.39 bits per heavy atom. The minimum absolute atomic E-state index is 0.101. The van der Waals surface area contributed by atoms with Crippen molar-refractivity contribution in [2.75, 3.05) is 0 Å². The van der Waals surface area contributed by atoms with Crippen LogP contribution in [0.15, 0.2) is 103 Å². The van der Waals surface area contributed by atoms with Gasteiger partial charge in [0, 0.05) is 18.1 Å². The summed E-state index contributed by atoms with van der Waals surface area (Å²) in [6, 6.07) is 34.5. The Labute approximate surface area is 181 Å². The van der Waals surface area contributed by atoms with Crippen molar-refractivity contribution in [3.05, 3.63) is 147 Å². The van der Waals surface area contributed by atoms with E-state index < -0.39 is 0 Å². The van der Waals surface area contributed by atoms with E-state index in [2.05, 4.69) is 73.7 Å². The summed E-state index contributed by atoms with van der Waals surface area (Å²) < 4.78 is 0. The fourth-order valence-corrected chi connectivity index (χ4v) is 4.56. The Hall–Kier alpha value is -3.98. The zero-order chi connectivity index (χ0) is 21.4. The van der Waals surface area contributed by atoms with Crippen LogP contribution in [0.4, 0.5) is 5.69 Å². The summed E-state index contributed by atoms with van der Waals surface area (Å²) in [6.45, 7) is 2.10. The van der Waals surface area contributed by atoms with Crippen LogP contribution < -0.4 is 0 Å². The van der Waals surface area contributed by atoms with Crippen LogP contribution in [0.2, 0.25) is 0 Å². The molecule has 4 aromatic carbocycles. The van der Waals surface area contributed by atoms with Crippen molar-refractivity contribution in [3.63, 3.8) is 0 Å². The lowest BCUT2D eigenvalue weighted by Gasteiger charge is -2.18. The predicted molar refractivity (Wildman–Crippen MR) is 125 cm³/mol. The van der Waals surface area contributed by atoms with Crippen LogP contribution in [0.3, 0.4) is 0 Å². The summed E-state index contributed by atoms with van der Waals surface area (Å²) in [5.41, 5.74) is 9.55. The largest absolute Gasteiger partial charge is 0.269 e. The Kier molecular flexibility index (Phi) is 4.72. The average molecular weight is 403 g/mol. The molecule has 1 atom stereocenters. The van der Waals surface area contributed by atoms with Crippen molar-refractivity contribution < 1.29 is 4.92 Å². The Morgan fingerprint density at radius 3 is 2.03 bits per heavy atom. The summed E-state index contributed by atoms with van der Waals surface area (Å²) >= 11 is 0. The number of rotatable bonds is 4. The molecule has 0 bridgehead atoms. The molecule has 0 N–H and O–H groups in total. The highest BCUT2D eigenvalue weighted by Crippen LogP contribution is 2.52. The van der Waals surface area contributed by atoms with Gasteiger partial charge < -0.3 is 0 Å². The van der Waals surface area contributed by atoms with Crippen molar-refractivity contribution in [1.82, 2.24) is 0 Å². The molecule has 0 heterocycles. The van der Waals surface area contributed by atoms with E-state index in [1.54, 1.807) is 12.1 Å². The lowest BCUT2D eigenvalue weighted by Crippen LogP contribution is -2.01. The van der Waals surface area contributed by atoms with E-state index in [0.717, 1.165) is 11.1 Å². The number of hydrogen-bond acceptors (Lipinski definition) is 2. The van der Waals surface area contributed by atoms with E-state index in [0.29, 0.717) is 0 Å². The van der Waals surface area contributed by atoms with Crippen molar-refractivity contribution >= 4 is 16.8 Å². The molecule has 3 nitrogen and oxygen atoms in total. The Bertz CT molecular complexity index is 1290. The maximum absolute atomic E-state index is 11.2. The fourth-order valence-electron chi connectivity index (χ4n) is 4.56. The van der Waals surface area contributed by atoms with E-state index in [1.165, 1.54) is 33.4 Å². The smallest absolute Gasteiger partial charge is 0.258 e. The third-order valence-corrected chi connectivity index (χ3v) is 5.93. The molecule has 0 amide bonds. The van der Waals surface area contributed by atoms with E-state index in [1.807, 2.05) is 24.3 Å². The topological polar surface area (TPSA) is 43.1 Å². The van der Waals surface area contributed by atoms with Crippen LogP contribution in [0, 0.1) is 17.0 Å². The molecule has 5 rings (SSSR count). The summed E-state index contributed by atoms with van der Waals surface area (Å²) in [7, 11) is 0. The Morgan fingerprint density at radius 1 is 0.742 bits per heavy atom. The Balaban J connectivity index is 1.83. The van der Waals surface area contributed by atoms with Gasteiger partial charge in [-0.15, -0.1) is 0 Å². The highest BCUT2D eigenvalue weighted by molar-refractivity contribution is 6.07. The van der Waals surface area contributed by atoms with Gasteiger partial charge in [-0.1, -0.05) is 84.4 Å². The first kappa shape index (κ1) is 19.0. The number of nitro groups is 1. The van der Waals surface area contributed by atoms with Gasteiger partial charge in [-0.05, 0) is 58.0 Å². The molecule has 150 valence electrons. The molecule has 0 fully saturated rings. The molecule has 3 heteroatoms. The van der Waals surface area contributed by atoms with Crippen LogP contribution in [-0.2, 0) is 0 Å². The second kappa shape index (κ2) is 7.69. The third-order valence-electron chi connectivity index (χ3n) is 5.93. The molecule has 0 aromatic heterocycles. The van der Waals surface area contributed by atoms with Crippen molar-refractivity contribution in [2.24, 2.45) is 0 Å². The van der Waals surface area contributed by atoms with Gasteiger partial charge in [0.25, 0.3) is 5.69 Å². The lowest BCUT2D eigenvalue weighted by atomic mass is 9.84. The molecule has 0 aliphatic heterocycles. The van der Waals surface area contributed by atoms with Crippen molar-refractivity contribution in [1.29, 1.82) is 0 Å². The SMILES string of the molecule is Cc1ccc2c(c1)C(c1ccc([N+](=O)[O-])cc1)=C(c1ccccc1)[C@H]2c1ccccc1. The first-order chi connectivity index (χ1) is 15.1. The molecule has 4 aromatic rings. The predicted octanol–water partition coefficient (Wildman–Crippen LogP) is 7.01. The number of nitro benzene ring substituents is 1. The molecule has 1 aliphatic rings. The summed E-state index contributed by atoms with van der Waals surface area (Å²) in [5.74, 6) is 0.101. The molecule has 0 unspecified atom stereocenters. The van der Waals surface area contributed by atoms with Gasteiger partial charge >= 0.3 is 0 Å². The van der Waals surface area contributed by atoms with Crippen LogP contribution in [0.1, 0.15) is 39.3 Å². The van der Waals surface area contributed by atoms with E-state index in [9.17, 15) is 10.1 Å². The van der Waals surface area contributed by atoms with Gasteiger partial charge in [-0.25, -0.2) is 0 Å². The second-order valence-corrected chi connectivity index (χ2v) is 7.89. The van der Waals surface area contributed by atoms with Crippen LogP contribution >= 0.6 is 0 Å². The number of aryl methyl sites for hydroxylation is 1. The molecule has 0 saturated carbocycles. The average Bonchev–Trinajstić information content (AvgIpc) is 3.14. The fraction of sp³-hybridized carbons (Fsp3) is 0.0714. The number of non-ortho nitro benzene ring substituents is 1. The van der Waals surface area contributed by atoms with Gasteiger partial charge in [0.05, 0.1) is 4.92 Å². The standard InChI is InChI=1S/C28H21NO2/c1-19-12-17-24-25(18-19)27(22-13-15-23(16-14-22)29(30)31)28(21-10-6-3-7-11-21)26(24)20-8-4-2-5-9-20/h2-18,26H,1H3/t26-/m0/s1. The van der Waals surface area contributed by atoms with E-state index >= 15 is 0 Å². The van der Waals surface area contributed by atoms with E-state index in [-0.39, 0.29) is 16.5 Å². The first-order valence-electron chi connectivity index (χ1n) is 10.3. The van der Waals surface area contributed by atoms with Gasteiger partial charge in [0.15, 0.2) is 0 Å². The van der Waals surface area contributed by atoms with E-state index in [4.69, 9.17) is 0 Å². The zero-order valence-electron chi connectivity index (χ0n) is 17.2. The summed E-state index contributed by atoms with van der Waals surface area (Å²) in [5, 5.41) is 11.2. The minimum atomic E-state index is -0.351. The number of nitrogens with zero attached hydrogens (tertiary/aromatic N) is 1. The first-order valence-corrected chi connectivity index (χ1v) is 10.3. The van der Waals surface area contributed by atoms with Crippen LogP contribution in [-0.4, -0.2) is 4.92 Å². The number of fused-ring (bicyclic) bond motifs is 1. The molecule has 0 radical (unpaired) electrons. The summed E-state index contributed by atoms with van der Waals surface area (Å²) in [6.07, 6.45) is 0. The van der Waals surface area contributed by atoms with Crippen LogP contribution in [0.25, 0.3) is 11.1 Å². The molecule has 0 spiro atoms. The molecule has 31 heavy (non-hydrogen) atoms. The van der Waals surface area contributed by atoms with Gasteiger partial charge in [0.1, 0.15) is 0 Å².